The number of nitrogens with zero attached hydrogens (tertiary/aromatic N) is 4. The van der Waals surface area contributed by atoms with Gasteiger partial charge in [0.2, 0.25) is 5.91 Å². The molecule has 3 aromatic heterocycles. The van der Waals surface area contributed by atoms with E-state index in [1.165, 1.54) is 12.5 Å². The van der Waals surface area contributed by atoms with Gasteiger partial charge in [-0.1, -0.05) is 11.3 Å². The number of nitrogens with one attached hydrogen (secondary N) is 2. The van der Waals surface area contributed by atoms with E-state index in [-0.39, 0.29) is 11.9 Å². The number of pyridine rings is 1. The van der Waals surface area contributed by atoms with Crippen LogP contribution in [-0.2, 0) is 22.4 Å². The standard InChI is InChI=1S/C23H28N6O2S/c1-3-24-19-10-9-15(12-25-19)20-17-7-4-8-18-22(32-23(27-18)26-14(2)30)21(17)29(28-20)16-6-5-11-31-13-16/h9-10,12,16H,3-8,11,13H2,1-2H3,(H,24,25)(H,26,27,30). The van der Waals surface area contributed by atoms with Crippen LogP contribution in [0.4, 0.5) is 10.9 Å². The van der Waals surface area contributed by atoms with Crippen molar-refractivity contribution in [1.82, 2.24) is 19.7 Å². The Labute approximate surface area is 191 Å². The Morgan fingerprint density at radius 1 is 1.31 bits per heavy atom. The molecule has 8 nitrogen and oxygen atoms in total. The average Bonchev–Trinajstić information content (AvgIpc) is 3.31. The quantitative estimate of drug-likeness (QED) is 0.599. The molecule has 0 saturated carbocycles. The molecule has 1 amide bonds. The molecule has 0 spiro atoms. The number of ether oxygens (including phenoxy) is 1. The zero-order chi connectivity index (χ0) is 22.1. The maximum atomic E-state index is 11.6. The third kappa shape index (κ3) is 4.02. The number of hydrogen-bond acceptors (Lipinski definition) is 7. The number of rotatable bonds is 5. The molecule has 1 saturated heterocycles. The molecule has 2 aliphatic rings. The molecular weight excluding hydrogens is 424 g/mol. The van der Waals surface area contributed by atoms with Gasteiger partial charge in [0.15, 0.2) is 5.13 Å². The van der Waals surface area contributed by atoms with Crippen molar-refractivity contribution in [3.05, 3.63) is 29.6 Å². The van der Waals surface area contributed by atoms with Gasteiger partial charge >= 0.3 is 0 Å². The van der Waals surface area contributed by atoms with Gasteiger partial charge in [-0.05, 0) is 51.2 Å². The van der Waals surface area contributed by atoms with Crippen molar-refractivity contribution in [2.75, 3.05) is 30.4 Å². The van der Waals surface area contributed by atoms with E-state index in [1.54, 1.807) is 11.3 Å². The fourth-order valence-corrected chi connectivity index (χ4v) is 5.64. The van der Waals surface area contributed by atoms with Gasteiger partial charge in [0.05, 0.1) is 34.6 Å². The van der Waals surface area contributed by atoms with Gasteiger partial charge in [-0.15, -0.1) is 0 Å². The van der Waals surface area contributed by atoms with Gasteiger partial charge in [-0.3, -0.25) is 9.48 Å². The summed E-state index contributed by atoms with van der Waals surface area (Å²) in [6, 6.07) is 4.30. The average molecular weight is 453 g/mol. The molecule has 4 heterocycles. The summed E-state index contributed by atoms with van der Waals surface area (Å²) in [6.07, 6.45) is 6.79. The summed E-state index contributed by atoms with van der Waals surface area (Å²) in [7, 11) is 0. The number of anilines is 2. The summed E-state index contributed by atoms with van der Waals surface area (Å²) in [4.78, 5) is 22.1. The van der Waals surface area contributed by atoms with Crippen LogP contribution in [0.5, 0.6) is 0 Å². The fourth-order valence-electron chi connectivity index (χ4n) is 4.52. The van der Waals surface area contributed by atoms with Crippen molar-refractivity contribution in [1.29, 1.82) is 0 Å². The van der Waals surface area contributed by atoms with Crippen LogP contribution < -0.4 is 10.6 Å². The Balaban J connectivity index is 1.64. The molecule has 1 atom stereocenters. The minimum atomic E-state index is -0.101. The lowest BCUT2D eigenvalue weighted by atomic mass is 10.0. The molecule has 1 fully saturated rings. The van der Waals surface area contributed by atoms with E-state index >= 15 is 0 Å². The molecule has 1 aliphatic heterocycles. The third-order valence-corrected chi connectivity index (χ3v) is 6.94. The highest BCUT2D eigenvalue weighted by Crippen LogP contribution is 2.44. The Hall–Kier alpha value is -2.78. The predicted octanol–water partition coefficient (Wildman–Crippen LogP) is 4.30. The highest BCUT2D eigenvalue weighted by molar-refractivity contribution is 7.19. The molecule has 3 aromatic rings. The number of fused-ring (bicyclic) bond motifs is 3. The van der Waals surface area contributed by atoms with Gasteiger partial charge in [0, 0.05) is 37.4 Å². The van der Waals surface area contributed by atoms with Crippen LogP contribution in [-0.4, -0.2) is 45.4 Å². The van der Waals surface area contributed by atoms with Gasteiger partial charge in [-0.2, -0.15) is 5.10 Å². The summed E-state index contributed by atoms with van der Waals surface area (Å²) in [6.45, 7) is 5.89. The number of hydrogen-bond donors (Lipinski definition) is 2. The largest absolute Gasteiger partial charge is 0.379 e. The molecule has 1 unspecified atom stereocenters. The Morgan fingerprint density at radius 2 is 2.22 bits per heavy atom. The minimum Gasteiger partial charge on any atom is -0.379 e. The lowest BCUT2D eigenvalue weighted by Crippen LogP contribution is -2.23. The number of aryl methyl sites for hydroxylation is 1. The lowest BCUT2D eigenvalue weighted by Gasteiger charge is -2.24. The lowest BCUT2D eigenvalue weighted by molar-refractivity contribution is -0.114. The van der Waals surface area contributed by atoms with Crippen molar-refractivity contribution in [2.45, 2.75) is 52.0 Å². The normalized spacial score (nSPS) is 17.9. The Morgan fingerprint density at radius 3 is 2.94 bits per heavy atom. The molecule has 168 valence electrons. The molecular formula is C23H28N6O2S. The van der Waals surface area contributed by atoms with Crippen LogP contribution >= 0.6 is 11.3 Å². The monoisotopic (exact) mass is 452 g/mol. The van der Waals surface area contributed by atoms with Crippen molar-refractivity contribution in [3.8, 4) is 21.8 Å². The van der Waals surface area contributed by atoms with E-state index < -0.39 is 0 Å². The van der Waals surface area contributed by atoms with Crippen LogP contribution in [0.15, 0.2) is 18.3 Å². The van der Waals surface area contributed by atoms with Crippen LogP contribution in [0.1, 0.15) is 50.4 Å². The van der Waals surface area contributed by atoms with Crippen LogP contribution in [0.3, 0.4) is 0 Å². The van der Waals surface area contributed by atoms with Crippen molar-refractivity contribution in [3.63, 3.8) is 0 Å². The number of aromatic nitrogens is 4. The number of carbonyl (C=O) groups is 1. The molecule has 32 heavy (non-hydrogen) atoms. The SMILES string of the molecule is CCNc1ccc(-c2nn(C3CCCOC3)c3c2CCCc2nc(NC(C)=O)sc2-3)cn1. The van der Waals surface area contributed by atoms with Crippen molar-refractivity contribution in [2.24, 2.45) is 0 Å². The molecule has 0 radical (unpaired) electrons. The number of thiazole rings is 1. The maximum absolute atomic E-state index is 11.6. The smallest absolute Gasteiger partial charge is 0.223 e. The molecule has 2 N–H and O–H groups in total. The first kappa shape index (κ1) is 21.1. The Bertz CT molecular complexity index is 1110. The van der Waals surface area contributed by atoms with E-state index in [1.807, 2.05) is 12.3 Å². The highest BCUT2D eigenvalue weighted by Gasteiger charge is 2.31. The van der Waals surface area contributed by atoms with Crippen LogP contribution in [0.2, 0.25) is 0 Å². The maximum Gasteiger partial charge on any atom is 0.223 e. The van der Waals surface area contributed by atoms with Gasteiger partial charge in [0.1, 0.15) is 5.82 Å². The summed E-state index contributed by atoms with van der Waals surface area (Å²) in [5.74, 6) is 0.767. The second kappa shape index (κ2) is 8.99. The molecule has 5 rings (SSSR count). The van der Waals surface area contributed by atoms with Crippen molar-refractivity contribution >= 4 is 28.2 Å². The predicted molar refractivity (Wildman–Crippen MR) is 126 cm³/mol. The number of carbonyl (C=O) groups excluding carboxylic acids is 1. The molecule has 0 aromatic carbocycles. The van der Waals surface area contributed by atoms with Crippen molar-refractivity contribution < 1.29 is 9.53 Å². The molecule has 1 aliphatic carbocycles. The first-order valence-electron chi connectivity index (χ1n) is 11.3. The second-order valence-corrected chi connectivity index (χ2v) is 9.28. The zero-order valence-corrected chi connectivity index (χ0v) is 19.3. The first-order valence-corrected chi connectivity index (χ1v) is 12.1. The zero-order valence-electron chi connectivity index (χ0n) is 18.5. The van der Waals surface area contributed by atoms with E-state index in [4.69, 9.17) is 14.8 Å². The summed E-state index contributed by atoms with van der Waals surface area (Å²) in [5.41, 5.74) is 5.43. The number of amides is 1. The van der Waals surface area contributed by atoms with Crippen LogP contribution in [0.25, 0.3) is 21.8 Å². The van der Waals surface area contributed by atoms with E-state index in [9.17, 15) is 4.79 Å². The van der Waals surface area contributed by atoms with Gasteiger partial charge in [0.25, 0.3) is 0 Å². The second-order valence-electron chi connectivity index (χ2n) is 8.28. The summed E-state index contributed by atoms with van der Waals surface area (Å²) < 4.78 is 7.98. The van der Waals surface area contributed by atoms with E-state index in [2.05, 4.69) is 33.3 Å². The van der Waals surface area contributed by atoms with Crippen LogP contribution in [0, 0.1) is 0 Å². The van der Waals surface area contributed by atoms with Gasteiger partial charge < -0.3 is 15.4 Å². The fraction of sp³-hybridized carbons (Fsp3) is 0.478. The molecule has 9 heteroatoms. The van der Waals surface area contributed by atoms with E-state index in [0.29, 0.717) is 11.7 Å². The third-order valence-electron chi connectivity index (χ3n) is 5.92. The van der Waals surface area contributed by atoms with Gasteiger partial charge in [-0.25, -0.2) is 9.97 Å². The van der Waals surface area contributed by atoms with E-state index in [0.717, 1.165) is 78.6 Å². The molecule has 0 bridgehead atoms. The Kier molecular flexibility index (Phi) is 5.93. The topological polar surface area (TPSA) is 94.0 Å². The summed E-state index contributed by atoms with van der Waals surface area (Å²) >= 11 is 1.55. The highest BCUT2D eigenvalue weighted by atomic mass is 32.1. The summed E-state index contributed by atoms with van der Waals surface area (Å²) in [5, 5.41) is 11.9. The first-order chi connectivity index (χ1) is 15.6. The minimum absolute atomic E-state index is 0.101.